The van der Waals surface area contributed by atoms with Gasteiger partial charge in [-0.1, -0.05) is 0 Å². The van der Waals surface area contributed by atoms with Crippen LogP contribution in [0.2, 0.25) is 0 Å². The summed E-state index contributed by atoms with van der Waals surface area (Å²) in [6.07, 6.45) is 6.48. The van der Waals surface area contributed by atoms with Crippen molar-refractivity contribution in [2.75, 3.05) is 11.4 Å². The lowest BCUT2D eigenvalue weighted by Gasteiger charge is -2.33. The second-order valence-electron chi connectivity index (χ2n) is 4.53. The smallest absolute Gasteiger partial charge is 0.196 e. The van der Waals surface area contributed by atoms with E-state index in [1.165, 1.54) is 19.3 Å². The van der Waals surface area contributed by atoms with Crippen LogP contribution in [-0.4, -0.2) is 28.3 Å². The van der Waals surface area contributed by atoms with Gasteiger partial charge in [-0.05, 0) is 26.2 Å². The van der Waals surface area contributed by atoms with E-state index in [1.807, 2.05) is 16.0 Å². The molecule has 0 N–H and O–H groups in total. The van der Waals surface area contributed by atoms with Crippen molar-refractivity contribution in [3.05, 3.63) is 17.3 Å². The Labute approximate surface area is 104 Å². The molecule has 2 aromatic heterocycles. The number of hydrogen-bond donors (Lipinski definition) is 0. The molecule has 5 heteroatoms. The average Bonchev–Trinajstić information content (AvgIpc) is 2.89. The van der Waals surface area contributed by atoms with Crippen molar-refractivity contribution in [2.24, 2.45) is 0 Å². The minimum atomic E-state index is 0.479. The number of anilines is 1. The number of nitrogens with zero attached hydrogens (tertiary/aromatic N) is 3. The maximum atomic E-state index is 11.3. The molecule has 4 nitrogen and oxygen atoms in total. The zero-order valence-corrected chi connectivity index (χ0v) is 10.6. The minimum absolute atomic E-state index is 0.479. The zero-order chi connectivity index (χ0) is 11.8. The van der Waals surface area contributed by atoms with Crippen molar-refractivity contribution in [3.8, 4) is 0 Å². The normalized spacial score (nSPS) is 21.0. The molecular weight excluding hydrogens is 234 g/mol. The highest BCUT2D eigenvalue weighted by atomic mass is 32.1. The minimum Gasteiger partial charge on any atom is -0.352 e. The van der Waals surface area contributed by atoms with E-state index in [-0.39, 0.29) is 0 Å². The summed E-state index contributed by atoms with van der Waals surface area (Å²) in [5.74, 6) is 0.860. The van der Waals surface area contributed by atoms with Crippen molar-refractivity contribution >= 4 is 28.4 Å². The largest absolute Gasteiger partial charge is 0.352 e. The van der Waals surface area contributed by atoms with Crippen LogP contribution < -0.4 is 4.90 Å². The highest BCUT2D eigenvalue weighted by Crippen LogP contribution is 2.28. The van der Waals surface area contributed by atoms with E-state index in [4.69, 9.17) is 0 Å². The van der Waals surface area contributed by atoms with Crippen molar-refractivity contribution in [3.63, 3.8) is 0 Å². The number of imidazole rings is 1. The summed E-state index contributed by atoms with van der Waals surface area (Å²) in [6.45, 7) is 3.22. The van der Waals surface area contributed by atoms with Gasteiger partial charge in [0.1, 0.15) is 5.69 Å². The van der Waals surface area contributed by atoms with E-state index < -0.39 is 0 Å². The fourth-order valence-corrected chi connectivity index (χ4v) is 3.24. The van der Waals surface area contributed by atoms with Crippen molar-refractivity contribution < 1.29 is 4.79 Å². The van der Waals surface area contributed by atoms with Crippen LogP contribution in [0.15, 0.2) is 11.6 Å². The van der Waals surface area contributed by atoms with Gasteiger partial charge in [0.25, 0.3) is 0 Å². The van der Waals surface area contributed by atoms with Gasteiger partial charge >= 0.3 is 0 Å². The van der Waals surface area contributed by atoms with Gasteiger partial charge in [0.05, 0.1) is 0 Å². The molecule has 2 aromatic rings. The second kappa shape index (κ2) is 4.14. The lowest BCUT2D eigenvalue weighted by Crippen LogP contribution is -2.38. The van der Waals surface area contributed by atoms with Gasteiger partial charge in [-0.25, -0.2) is 4.98 Å². The average molecular weight is 249 g/mol. The standard InChI is InChI=1S/C12H15N3OS/c1-9-4-2-3-5-14(9)11-10(8-16)15-6-7-17-12(15)13-11/h6-9H,2-5H2,1H3. The maximum absolute atomic E-state index is 11.3. The van der Waals surface area contributed by atoms with Crippen LogP contribution in [0, 0.1) is 0 Å². The first-order chi connectivity index (χ1) is 8.31. The summed E-state index contributed by atoms with van der Waals surface area (Å²) in [5, 5.41) is 1.96. The maximum Gasteiger partial charge on any atom is 0.196 e. The SMILES string of the molecule is CC1CCCCN1c1nc2sccn2c1C=O. The van der Waals surface area contributed by atoms with Crippen LogP contribution in [-0.2, 0) is 0 Å². The molecule has 3 rings (SSSR count). The number of aldehydes is 1. The molecule has 0 aromatic carbocycles. The molecule has 3 heterocycles. The quantitative estimate of drug-likeness (QED) is 0.768. The lowest BCUT2D eigenvalue weighted by molar-refractivity contribution is 0.111. The predicted molar refractivity (Wildman–Crippen MR) is 69.1 cm³/mol. The Hall–Kier alpha value is -1.36. The van der Waals surface area contributed by atoms with Gasteiger partial charge in [0.15, 0.2) is 17.1 Å². The van der Waals surface area contributed by atoms with E-state index in [9.17, 15) is 4.79 Å². The van der Waals surface area contributed by atoms with Crippen molar-refractivity contribution in [1.29, 1.82) is 0 Å². The van der Waals surface area contributed by atoms with Crippen LogP contribution >= 0.6 is 11.3 Å². The third kappa shape index (κ3) is 1.65. The Morgan fingerprint density at radius 1 is 1.53 bits per heavy atom. The third-order valence-corrected chi connectivity index (χ3v) is 4.22. The topological polar surface area (TPSA) is 37.6 Å². The molecule has 1 saturated heterocycles. The van der Waals surface area contributed by atoms with E-state index in [1.54, 1.807) is 11.3 Å². The van der Waals surface area contributed by atoms with Crippen LogP contribution in [0.3, 0.4) is 0 Å². The fraction of sp³-hybridized carbons (Fsp3) is 0.500. The predicted octanol–water partition coefficient (Wildman–Crippen LogP) is 2.59. The number of thiazole rings is 1. The van der Waals surface area contributed by atoms with Gasteiger partial charge in [0.2, 0.25) is 0 Å². The van der Waals surface area contributed by atoms with Gasteiger partial charge in [-0.3, -0.25) is 9.20 Å². The molecule has 0 amide bonds. The zero-order valence-electron chi connectivity index (χ0n) is 9.80. The number of carbonyl (C=O) groups is 1. The van der Waals surface area contributed by atoms with Crippen LogP contribution in [0.25, 0.3) is 4.96 Å². The summed E-state index contributed by atoms with van der Waals surface area (Å²) in [4.78, 5) is 19.0. The third-order valence-electron chi connectivity index (χ3n) is 3.47. The Morgan fingerprint density at radius 2 is 2.41 bits per heavy atom. The van der Waals surface area contributed by atoms with E-state index in [2.05, 4.69) is 16.8 Å². The van der Waals surface area contributed by atoms with Gasteiger partial charge in [-0.2, -0.15) is 0 Å². The number of piperidine rings is 1. The van der Waals surface area contributed by atoms with Crippen molar-refractivity contribution in [2.45, 2.75) is 32.2 Å². The van der Waals surface area contributed by atoms with Gasteiger partial charge in [0, 0.05) is 24.2 Å². The first-order valence-electron chi connectivity index (χ1n) is 5.98. The number of hydrogen-bond acceptors (Lipinski definition) is 4. The summed E-state index contributed by atoms with van der Waals surface area (Å²) < 4.78 is 1.88. The molecule has 1 aliphatic rings. The molecular formula is C12H15N3OS. The lowest BCUT2D eigenvalue weighted by atomic mass is 10.0. The second-order valence-corrected chi connectivity index (χ2v) is 5.41. The van der Waals surface area contributed by atoms with Gasteiger partial charge < -0.3 is 4.90 Å². The molecule has 0 bridgehead atoms. The van der Waals surface area contributed by atoms with Crippen LogP contribution in [0.5, 0.6) is 0 Å². The number of aromatic nitrogens is 2. The van der Waals surface area contributed by atoms with Gasteiger partial charge in [-0.15, -0.1) is 11.3 Å². The molecule has 1 atom stereocenters. The molecule has 17 heavy (non-hydrogen) atoms. The molecule has 0 aliphatic carbocycles. The summed E-state index contributed by atoms with van der Waals surface area (Å²) >= 11 is 1.57. The molecule has 1 aliphatic heterocycles. The molecule has 0 saturated carbocycles. The molecule has 0 spiro atoms. The highest BCUT2D eigenvalue weighted by Gasteiger charge is 2.24. The Kier molecular flexibility index (Phi) is 2.63. The number of rotatable bonds is 2. The van der Waals surface area contributed by atoms with Crippen molar-refractivity contribution in [1.82, 2.24) is 9.38 Å². The van der Waals surface area contributed by atoms with E-state index in [0.29, 0.717) is 11.7 Å². The molecule has 1 fully saturated rings. The Balaban J connectivity index is 2.08. The number of carbonyl (C=O) groups excluding carboxylic acids is 1. The summed E-state index contributed by atoms with van der Waals surface area (Å²) in [5.41, 5.74) is 0.690. The van der Waals surface area contributed by atoms with Crippen LogP contribution in [0.4, 0.5) is 5.82 Å². The highest BCUT2D eigenvalue weighted by molar-refractivity contribution is 7.15. The Morgan fingerprint density at radius 3 is 3.18 bits per heavy atom. The molecule has 90 valence electrons. The monoisotopic (exact) mass is 249 g/mol. The van der Waals surface area contributed by atoms with E-state index in [0.717, 1.165) is 23.6 Å². The van der Waals surface area contributed by atoms with Crippen LogP contribution in [0.1, 0.15) is 36.7 Å². The Bertz CT molecular complexity index is 545. The summed E-state index contributed by atoms with van der Waals surface area (Å²) in [6, 6.07) is 0.479. The fourth-order valence-electron chi connectivity index (χ4n) is 2.53. The first kappa shape index (κ1) is 10.8. The molecule has 0 radical (unpaired) electrons. The summed E-state index contributed by atoms with van der Waals surface area (Å²) in [7, 11) is 0. The molecule has 1 unspecified atom stereocenters. The number of fused-ring (bicyclic) bond motifs is 1. The van der Waals surface area contributed by atoms with E-state index >= 15 is 0 Å². The first-order valence-corrected chi connectivity index (χ1v) is 6.86.